The first-order valence-corrected chi connectivity index (χ1v) is 6.91. The highest BCUT2D eigenvalue weighted by Gasteiger charge is 2.21. The van der Waals surface area contributed by atoms with Gasteiger partial charge in [0.25, 0.3) is 0 Å². The maximum absolute atomic E-state index is 12.2. The summed E-state index contributed by atoms with van der Waals surface area (Å²) in [7, 11) is 0. The summed E-state index contributed by atoms with van der Waals surface area (Å²) in [6, 6.07) is 9.92. The lowest BCUT2D eigenvalue weighted by Crippen LogP contribution is -2.16. The topological polar surface area (TPSA) is 99.1 Å². The fourth-order valence-corrected chi connectivity index (χ4v) is 2.04. The highest BCUT2D eigenvalue weighted by molar-refractivity contribution is 6.07. The van der Waals surface area contributed by atoms with E-state index in [1.165, 1.54) is 12.1 Å². The molecule has 124 valence electrons. The van der Waals surface area contributed by atoms with Gasteiger partial charge in [0.2, 0.25) is 0 Å². The first-order chi connectivity index (χ1) is 11.6. The standard InChI is InChI=1S/C17H14O7/c1-2-15(18)22-7-8-23-16(19)13-9-11-5-3-4-6-12(11)10-14(13)17(20)24-21/h2-6,9-10,21H,1,7-8H2. The van der Waals surface area contributed by atoms with Crippen LogP contribution in [0.5, 0.6) is 0 Å². The Kier molecular flexibility index (Phi) is 5.64. The van der Waals surface area contributed by atoms with E-state index in [-0.39, 0.29) is 24.3 Å². The van der Waals surface area contributed by atoms with E-state index >= 15 is 0 Å². The van der Waals surface area contributed by atoms with Gasteiger partial charge in [-0.1, -0.05) is 30.8 Å². The molecule has 0 bridgehead atoms. The highest BCUT2D eigenvalue weighted by Crippen LogP contribution is 2.21. The molecule has 0 spiro atoms. The molecule has 2 aromatic carbocycles. The third kappa shape index (κ3) is 3.96. The van der Waals surface area contributed by atoms with Crippen LogP contribution in [0.25, 0.3) is 10.8 Å². The predicted molar refractivity (Wildman–Crippen MR) is 83.4 cm³/mol. The van der Waals surface area contributed by atoms with Gasteiger partial charge in [-0.05, 0) is 22.9 Å². The van der Waals surface area contributed by atoms with Gasteiger partial charge < -0.3 is 9.47 Å². The second kappa shape index (κ2) is 7.89. The van der Waals surface area contributed by atoms with Crippen LogP contribution in [0, 0.1) is 0 Å². The Hall–Kier alpha value is -3.19. The molecule has 0 aliphatic heterocycles. The molecule has 1 N–H and O–H groups in total. The maximum Gasteiger partial charge on any atom is 0.373 e. The van der Waals surface area contributed by atoms with Crippen molar-refractivity contribution < 1.29 is 34.0 Å². The number of carbonyl (C=O) groups is 3. The first-order valence-electron chi connectivity index (χ1n) is 6.91. The fourth-order valence-electron chi connectivity index (χ4n) is 2.04. The van der Waals surface area contributed by atoms with Crippen LogP contribution >= 0.6 is 0 Å². The summed E-state index contributed by atoms with van der Waals surface area (Å²) in [5.74, 6) is -2.53. The van der Waals surface area contributed by atoms with Gasteiger partial charge in [0.1, 0.15) is 13.2 Å². The lowest BCUT2D eigenvalue weighted by atomic mass is 10.0. The van der Waals surface area contributed by atoms with E-state index in [1.807, 2.05) is 0 Å². The smallest absolute Gasteiger partial charge is 0.373 e. The second-order valence-electron chi connectivity index (χ2n) is 4.63. The third-order valence-electron chi connectivity index (χ3n) is 3.14. The van der Waals surface area contributed by atoms with Crippen molar-refractivity contribution in [3.05, 3.63) is 60.2 Å². The Bertz CT molecular complexity index is 795. The molecule has 0 aromatic heterocycles. The number of benzene rings is 2. The Morgan fingerprint density at radius 3 is 2.04 bits per heavy atom. The number of rotatable bonds is 6. The van der Waals surface area contributed by atoms with Crippen molar-refractivity contribution >= 4 is 28.7 Å². The summed E-state index contributed by atoms with van der Waals surface area (Å²) in [6.45, 7) is 2.89. The molecule has 0 fully saturated rings. The van der Waals surface area contributed by atoms with Gasteiger partial charge in [0.05, 0.1) is 11.1 Å². The van der Waals surface area contributed by atoms with E-state index < -0.39 is 17.9 Å². The molecule has 2 aromatic rings. The van der Waals surface area contributed by atoms with Crippen LogP contribution < -0.4 is 0 Å². The molecule has 0 amide bonds. The number of fused-ring (bicyclic) bond motifs is 1. The number of hydrogen-bond donors (Lipinski definition) is 1. The Balaban J connectivity index is 2.21. The van der Waals surface area contributed by atoms with Gasteiger partial charge >= 0.3 is 17.9 Å². The second-order valence-corrected chi connectivity index (χ2v) is 4.63. The lowest BCUT2D eigenvalue weighted by Gasteiger charge is -2.09. The Morgan fingerprint density at radius 2 is 1.50 bits per heavy atom. The maximum atomic E-state index is 12.2. The number of hydrogen-bond acceptors (Lipinski definition) is 7. The van der Waals surface area contributed by atoms with Crippen LogP contribution in [0.2, 0.25) is 0 Å². The minimum Gasteiger partial charge on any atom is -0.459 e. The number of ether oxygens (including phenoxy) is 2. The van der Waals surface area contributed by atoms with Crippen molar-refractivity contribution in [1.82, 2.24) is 0 Å². The molecule has 0 saturated heterocycles. The van der Waals surface area contributed by atoms with Crippen molar-refractivity contribution in [2.24, 2.45) is 0 Å². The van der Waals surface area contributed by atoms with Crippen molar-refractivity contribution in [3.63, 3.8) is 0 Å². The van der Waals surface area contributed by atoms with E-state index in [2.05, 4.69) is 16.2 Å². The molecular formula is C17H14O7. The summed E-state index contributed by atoms with van der Waals surface area (Å²) in [5.41, 5.74) is -0.202. The number of carbonyl (C=O) groups excluding carboxylic acids is 3. The van der Waals surface area contributed by atoms with Crippen LogP contribution in [-0.4, -0.2) is 36.4 Å². The summed E-state index contributed by atoms with van der Waals surface area (Å²) in [4.78, 5) is 38.5. The Labute approximate surface area is 137 Å². The SMILES string of the molecule is C=CC(=O)OCCOC(=O)c1cc2ccccc2cc1C(=O)OO. The van der Waals surface area contributed by atoms with E-state index in [0.29, 0.717) is 10.8 Å². The van der Waals surface area contributed by atoms with E-state index in [0.717, 1.165) is 6.08 Å². The molecule has 0 aliphatic rings. The van der Waals surface area contributed by atoms with E-state index in [1.54, 1.807) is 24.3 Å². The first kappa shape index (κ1) is 17.2. The van der Waals surface area contributed by atoms with Gasteiger partial charge in [-0.25, -0.2) is 14.4 Å². The molecule has 0 unspecified atom stereocenters. The molecule has 7 heteroatoms. The molecule has 2 rings (SSSR count). The van der Waals surface area contributed by atoms with Crippen LogP contribution in [0.15, 0.2) is 49.1 Å². The largest absolute Gasteiger partial charge is 0.459 e. The predicted octanol–water partition coefficient (Wildman–Crippen LogP) is 2.36. The zero-order valence-electron chi connectivity index (χ0n) is 12.6. The van der Waals surface area contributed by atoms with Crippen molar-refractivity contribution in [1.29, 1.82) is 0 Å². The molecular weight excluding hydrogens is 316 g/mol. The van der Waals surface area contributed by atoms with E-state index in [9.17, 15) is 14.4 Å². The minimum atomic E-state index is -1.08. The molecule has 0 saturated carbocycles. The van der Waals surface area contributed by atoms with Crippen molar-refractivity contribution in [2.75, 3.05) is 13.2 Å². The quantitative estimate of drug-likeness (QED) is 0.217. The van der Waals surface area contributed by atoms with Crippen molar-refractivity contribution in [3.8, 4) is 0 Å². The molecule has 7 nitrogen and oxygen atoms in total. The normalized spacial score (nSPS) is 10.0. The summed E-state index contributed by atoms with van der Waals surface area (Å²) in [5, 5.41) is 10.00. The zero-order chi connectivity index (χ0) is 17.5. The molecule has 24 heavy (non-hydrogen) atoms. The summed E-state index contributed by atoms with van der Waals surface area (Å²) in [6.07, 6.45) is 0.987. The van der Waals surface area contributed by atoms with Crippen LogP contribution in [0.3, 0.4) is 0 Å². The van der Waals surface area contributed by atoms with E-state index in [4.69, 9.17) is 9.99 Å². The molecule has 0 radical (unpaired) electrons. The molecule has 0 heterocycles. The average molecular weight is 330 g/mol. The average Bonchev–Trinajstić information content (AvgIpc) is 2.62. The monoisotopic (exact) mass is 330 g/mol. The fraction of sp³-hybridized carbons (Fsp3) is 0.118. The highest BCUT2D eigenvalue weighted by atomic mass is 17.1. The third-order valence-corrected chi connectivity index (χ3v) is 3.14. The molecule has 0 aliphatic carbocycles. The van der Waals surface area contributed by atoms with Crippen LogP contribution in [-0.2, 0) is 19.2 Å². The lowest BCUT2D eigenvalue weighted by molar-refractivity contribution is -0.182. The Morgan fingerprint density at radius 1 is 0.958 bits per heavy atom. The van der Waals surface area contributed by atoms with Crippen LogP contribution in [0.1, 0.15) is 20.7 Å². The van der Waals surface area contributed by atoms with Gasteiger partial charge in [-0.3, -0.25) is 4.89 Å². The van der Waals surface area contributed by atoms with Crippen LogP contribution in [0.4, 0.5) is 0 Å². The summed E-state index contributed by atoms with van der Waals surface area (Å²) >= 11 is 0. The van der Waals surface area contributed by atoms with Gasteiger partial charge in [0, 0.05) is 6.08 Å². The zero-order valence-corrected chi connectivity index (χ0v) is 12.6. The molecule has 0 atom stereocenters. The number of esters is 2. The summed E-state index contributed by atoms with van der Waals surface area (Å²) < 4.78 is 9.65. The van der Waals surface area contributed by atoms with Gasteiger partial charge in [-0.15, -0.1) is 0 Å². The van der Waals surface area contributed by atoms with Crippen molar-refractivity contribution in [2.45, 2.75) is 0 Å². The minimum absolute atomic E-state index is 0.0669. The van der Waals surface area contributed by atoms with Gasteiger partial charge in [0.15, 0.2) is 0 Å². The van der Waals surface area contributed by atoms with Gasteiger partial charge in [-0.2, -0.15) is 5.26 Å².